The predicted molar refractivity (Wildman–Crippen MR) is 82.6 cm³/mol. The fourth-order valence-corrected chi connectivity index (χ4v) is 2.62. The van der Waals surface area contributed by atoms with Crippen molar-refractivity contribution in [2.45, 2.75) is 45.6 Å². The molecule has 0 unspecified atom stereocenters. The number of amides is 1. The first-order chi connectivity index (χ1) is 9.79. The third-order valence-electron chi connectivity index (χ3n) is 3.98. The summed E-state index contributed by atoms with van der Waals surface area (Å²) >= 11 is 0. The summed E-state index contributed by atoms with van der Waals surface area (Å²) in [5.74, 6) is 0.304. The summed E-state index contributed by atoms with van der Waals surface area (Å²) in [4.78, 5) is 14.0. The number of benzene rings is 1. The second-order valence-electron chi connectivity index (χ2n) is 5.54. The standard InChI is InChI=1S/C17H26N2O/c1-2-15-6-8-16(9-7-15)14-18-11-10-17(20)19-12-4-3-5-13-19/h6-9,18H,2-5,10-14H2,1H3. The van der Waals surface area contributed by atoms with E-state index in [0.29, 0.717) is 12.3 Å². The number of carbonyl (C=O) groups excluding carboxylic acids is 1. The number of hydrogen-bond donors (Lipinski definition) is 1. The lowest BCUT2D eigenvalue weighted by Gasteiger charge is -2.26. The van der Waals surface area contributed by atoms with Crippen molar-refractivity contribution in [3.05, 3.63) is 35.4 Å². The van der Waals surface area contributed by atoms with Crippen LogP contribution in [0.3, 0.4) is 0 Å². The Morgan fingerprint density at radius 1 is 1.10 bits per heavy atom. The van der Waals surface area contributed by atoms with E-state index in [-0.39, 0.29) is 0 Å². The van der Waals surface area contributed by atoms with Gasteiger partial charge in [-0.1, -0.05) is 31.2 Å². The van der Waals surface area contributed by atoms with Crippen molar-refractivity contribution < 1.29 is 4.79 Å². The molecule has 1 amide bonds. The Morgan fingerprint density at radius 2 is 1.75 bits per heavy atom. The van der Waals surface area contributed by atoms with Crippen LogP contribution in [0.25, 0.3) is 0 Å². The fraction of sp³-hybridized carbons (Fsp3) is 0.588. The van der Waals surface area contributed by atoms with Crippen LogP contribution < -0.4 is 5.32 Å². The maximum Gasteiger partial charge on any atom is 0.223 e. The fourth-order valence-electron chi connectivity index (χ4n) is 2.62. The lowest BCUT2D eigenvalue weighted by Crippen LogP contribution is -2.37. The molecule has 0 aromatic heterocycles. The third-order valence-corrected chi connectivity index (χ3v) is 3.98. The molecule has 0 saturated carbocycles. The molecular formula is C17H26N2O. The van der Waals surface area contributed by atoms with Gasteiger partial charge in [0.1, 0.15) is 0 Å². The number of nitrogens with one attached hydrogen (secondary N) is 1. The Hall–Kier alpha value is -1.35. The molecule has 1 aromatic carbocycles. The van der Waals surface area contributed by atoms with E-state index in [1.807, 2.05) is 4.90 Å². The van der Waals surface area contributed by atoms with E-state index in [2.05, 4.69) is 36.5 Å². The highest BCUT2D eigenvalue weighted by Gasteiger charge is 2.15. The molecule has 1 aromatic rings. The van der Waals surface area contributed by atoms with Gasteiger partial charge in [-0.3, -0.25) is 4.79 Å². The number of likely N-dealkylation sites (tertiary alicyclic amines) is 1. The molecular weight excluding hydrogens is 248 g/mol. The van der Waals surface area contributed by atoms with Crippen molar-refractivity contribution in [2.24, 2.45) is 0 Å². The lowest BCUT2D eigenvalue weighted by atomic mass is 10.1. The highest BCUT2D eigenvalue weighted by Crippen LogP contribution is 2.09. The molecule has 2 rings (SSSR count). The van der Waals surface area contributed by atoms with Gasteiger partial charge >= 0.3 is 0 Å². The van der Waals surface area contributed by atoms with Crippen LogP contribution in [0.2, 0.25) is 0 Å². The minimum absolute atomic E-state index is 0.304. The minimum atomic E-state index is 0.304. The van der Waals surface area contributed by atoms with Crippen LogP contribution in [0.5, 0.6) is 0 Å². The van der Waals surface area contributed by atoms with Crippen molar-refractivity contribution in [1.82, 2.24) is 10.2 Å². The number of piperidine rings is 1. The van der Waals surface area contributed by atoms with Crippen molar-refractivity contribution >= 4 is 5.91 Å². The first-order valence-electron chi connectivity index (χ1n) is 7.86. The molecule has 110 valence electrons. The van der Waals surface area contributed by atoms with Gasteiger partial charge in [0, 0.05) is 32.6 Å². The maximum atomic E-state index is 12.0. The Balaban J connectivity index is 1.64. The van der Waals surface area contributed by atoms with E-state index >= 15 is 0 Å². The lowest BCUT2D eigenvalue weighted by molar-refractivity contribution is -0.131. The molecule has 0 atom stereocenters. The molecule has 20 heavy (non-hydrogen) atoms. The summed E-state index contributed by atoms with van der Waals surface area (Å²) in [5.41, 5.74) is 2.65. The Labute approximate surface area is 122 Å². The first-order valence-corrected chi connectivity index (χ1v) is 7.86. The van der Waals surface area contributed by atoms with Crippen molar-refractivity contribution in [1.29, 1.82) is 0 Å². The van der Waals surface area contributed by atoms with Gasteiger partial charge < -0.3 is 10.2 Å². The highest BCUT2D eigenvalue weighted by molar-refractivity contribution is 5.76. The summed E-state index contributed by atoms with van der Waals surface area (Å²) in [7, 11) is 0. The van der Waals surface area contributed by atoms with Gasteiger partial charge in [-0.2, -0.15) is 0 Å². The summed E-state index contributed by atoms with van der Waals surface area (Å²) < 4.78 is 0. The summed E-state index contributed by atoms with van der Waals surface area (Å²) in [6.07, 6.45) is 5.31. The molecule has 0 aliphatic carbocycles. The predicted octanol–water partition coefficient (Wildman–Crippen LogP) is 2.74. The van der Waals surface area contributed by atoms with Crippen LogP contribution in [0.15, 0.2) is 24.3 Å². The summed E-state index contributed by atoms with van der Waals surface area (Å²) in [5, 5.41) is 3.36. The minimum Gasteiger partial charge on any atom is -0.343 e. The zero-order valence-corrected chi connectivity index (χ0v) is 12.5. The van der Waals surface area contributed by atoms with Gasteiger partial charge in [0.2, 0.25) is 5.91 Å². The van der Waals surface area contributed by atoms with E-state index in [0.717, 1.165) is 32.6 Å². The molecule has 3 heteroatoms. The molecule has 3 nitrogen and oxygen atoms in total. The molecule has 1 saturated heterocycles. The molecule has 1 heterocycles. The molecule has 0 bridgehead atoms. The zero-order valence-electron chi connectivity index (χ0n) is 12.5. The first kappa shape index (κ1) is 15.0. The van der Waals surface area contributed by atoms with Crippen LogP contribution in [0, 0.1) is 0 Å². The van der Waals surface area contributed by atoms with Gasteiger partial charge in [0.05, 0.1) is 0 Å². The third kappa shape index (κ3) is 4.64. The normalized spacial score (nSPS) is 15.3. The van der Waals surface area contributed by atoms with Crippen LogP contribution in [-0.4, -0.2) is 30.4 Å². The van der Waals surface area contributed by atoms with E-state index in [9.17, 15) is 4.79 Å². The van der Waals surface area contributed by atoms with Gasteiger partial charge in [0.15, 0.2) is 0 Å². The number of carbonyl (C=O) groups is 1. The summed E-state index contributed by atoms with van der Waals surface area (Å²) in [6.45, 7) is 5.69. The monoisotopic (exact) mass is 274 g/mol. The number of aryl methyl sites for hydroxylation is 1. The number of nitrogens with zero attached hydrogens (tertiary/aromatic N) is 1. The van der Waals surface area contributed by atoms with Gasteiger partial charge in [-0.15, -0.1) is 0 Å². The maximum absolute atomic E-state index is 12.0. The highest BCUT2D eigenvalue weighted by atomic mass is 16.2. The second-order valence-corrected chi connectivity index (χ2v) is 5.54. The van der Waals surface area contributed by atoms with E-state index in [4.69, 9.17) is 0 Å². The Kier molecular flexibility index (Phi) is 6.06. The Bertz CT molecular complexity index is 408. The van der Waals surface area contributed by atoms with Crippen LogP contribution >= 0.6 is 0 Å². The topological polar surface area (TPSA) is 32.3 Å². The van der Waals surface area contributed by atoms with Gasteiger partial charge in [-0.25, -0.2) is 0 Å². The molecule has 1 N–H and O–H groups in total. The van der Waals surface area contributed by atoms with Gasteiger partial charge in [-0.05, 0) is 36.8 Å². The van der Waals surface area contributed by atoms with Crippen LogP contribution in [0.1, 0.15) is 43.7 Å². The van der Waals surface area contributed by atoms with Crippen molar-refractivity contribution in [3.63, 3.8) is 0 Å². The van der Waals surface area contributed by atoms with E-state index in [1.165, 1.54) is 30.4 Å². The second kappa shape index (κ2) is 8.05. The van der Waals surface area contributed by atoms with Gasteiger partial charge in [0.25, 0.3) is 0 Å². The van der Waals surface area contributed by atoms with E-state index in [1.54, 1.807) is 0 Å². The SMILES string of the molecule is CCc1ccc(CNCCC(=O)N2CCCCC2)cc1. The average molecular weight is 274 g/mol. The average Bonchev–Trinajstić information content (AvgIpc) is 2.53. The Morgan fingerprint density at radius 3 is 2.40 bits per heavy atom. The van der Waals surface area contributed by atoms with Crippen molar-refractivity contribution in [2.75, 3.05) is 19.6 Å². The van der Waals surface area contributed by atoms with Crippen molar-refractivity contribution in [3.8, 4) is 0 Å². The number of hydrogen-bond acceptors (Lipinski definition) is 2. The molecule has 0 spiro atoms. The number of rotatable bonds is 6. The van der Waals surface area contributed by atoms with Crippen LogP contribution in [0.4, 0.5) is 0 Å². The smallest absolute Gasteiger partial charge is 0.223 e. The quantitative estimate of drug-likeness (QED) is 0.809. The molecule has 1 aliphatic heterocycles. The van der Waals surface area contributed by atoms with E-state index < -0.39 is 0 Å². The molecule has 1 fully saturated rings. The molecule has 0 radical (unpaired) electrons. The zero-order chi connectivity index (χ0) is 14.2. The molecule has 1 aliphatic rings. The largest absolute Gasteiger partial charge is 0.343 e. The summed E-state index contributed by atoms with van der Waals surface area (Å²) in [6, 6.07) is 8.68. The van der Waals surface area contributed by atoms with Crippen LogP contribution in [-0.2, 0) is 17.8 Å².